The fourth-order valence-corrected chi connectivity index (χ4v) is 3.60. The molecule has 4 nitrogen and oxygen atoms in total. The van der Waals surface area contributed by atoms with Crippen LogP contribution in [0, 0.1) is 0 Å². The second kappa shape index (κ2) is 7.04. The van der Waals surface area contributed by atoms with Gasteiger partial charge in [-0.25, -0.2) is 0 Å². The molecule has 1 aliphatic carbocycles. The van der Waals surface area contributed by atoms with Gasteiger partial charge in [-0.05, 0) is 31.9 Å². The molecular formula is C13H23N3OS. The smallest absolute Gasteiger partial charge is 0.0749 e. The summed E-state index contributed by atoms with van der Waals surface area (Å²) >= 11 is 0. The van der Waals surface area contributed by atoms with Gasteiger partial charge in [-0.15, -0.1) is 0 Å². The van der Waals surface area contributed by atoms with Gasteiger partial charge in [0.1, 0.15) is 0 Å². The van der Waals surface area contributed by atoms with Crippen LogP contribution in [0.3, 0.4) is 0 Å². The molecule has 1 saturated carbocycles. The fraction of sp³-hybridized carbons (Fsp3) is 0.769. The molecule has 0 bridgehead atoms. The van der Waals surface area contributed by atoms with E-state index in [4.69, 9.17) is 5.73 Å². The molecule has 1 atom stereocenters. The van der Waals surface area contributed by atoms with Gasteiger partial charge in [-0.3, -0.25) is 8.89 Å². The summed E-state index contributed by atoms with van der Waals surface area (Å²) in [6, 6.07) is 2.57. The Labute approximate surface area is 111 Å². The Bertz CT molecular complexity index is 385. The highest BCUT2D eigenvalue weighted by Gasteiger charge is 2.16. The van der Waals surface area contributed by atoms with Gasteiger partial charge < -0.3 is 5.73 Å². The quantitative estimate of drug-likeness (QED) is 0.859. The van der Waals surface area contributed by atoms with Gasteiger partial charge >= 0.3 is 0 Å². The predicted molar refractivity (Wildman–Crippen MR) is 74.7 cm³/mol. The SMILES string of the molecule is NCCCS(=O)Cc1ccn(C2CCCCC2)n1. The molecule has 1 aliphatic rings. The standard InChI is InChI=1S/C13H23N3OS/c14-8-4-10-18(17)11-12-7-9-16(15-12)13-5-2-1-3-6-13/h7,9,13H,1-6,8,10-11,14H2. The molecule has 1 aromatic rings. The zero-order valence-electron chi connectivity index (χ0n) is 10.9. The topological polar surface area (TPSA) is 60.9 Å². The van der Waals surface area contributed by atoms with Crippen LogP contribution in [0.2, 0.25) is 0 Å². The van der Waals surface area contributed by atoms with Gasteiger partial charge in [0.15, 0.2) is 0 Å². The Balaban J connectivity index is 1.87. The first-order chi connectivity index (χ1) is 8.79. The van der Waals surface area contributed by atoms with Crippen molar-refractivity contribution in [3.8, 4) is 0 Å². The summed E-state index contributed by atoms with van der Waals surface area (Å²) in [7, 11) is -0.818. The van der Waals surface area contributed by atoms with E-state index in [-0.39, 0.29) is 0 Å². The number of hydrogen-bond acceptors (Lipinski definition) is 3. The Hall–Kier alpha value is -0.680. The summed E-state index contributed by atoms with van der Waals surface area (Å²) in [6.45, 7) is 0.613. The summed E-state index contributed by atoms with van der Waals surface area (Å²) < 4.78 is 13.8. The van der Waals surface area contributed by atoms with E-state index < -0.39 is 10.8 Å². The third-order valence-electron chi connectivity index (χ3n) is 3.50. The molecule has 0 aromatic carbocycles. The monoisotopic (exact) mass is 269 g/mol. The molecule has 18 heavy (non-hydrogen) atoms. The minimum Gasteiger partial charge on any atom is -0.330 e. The maximum atomic E-state index is 11.8. The van der Waals surface area contributed by atoms with Crippen LogP contribution in [-0.4, -0.2) is 26.3 Å². The number of aromatic nitrogens is 2. The lowest BCUT2D eigenvalue weighted by Gasteiger charge is -2.21. The van der Waals surface area contributed by atoms with E-state index in [0.29, 0.717) is 24.1 Å². The average Bonchev–Trinajstić information content (AvgIpc) is 2.86. The number of nitrogens with two attached hydrogens (primary N) is 1. The molecule has 1 aromatic heterocycles. The summed E-state index contributed by atoms with van der Waals surface area (Å²) in [5.41, 5.74) is 6.37. The third-order valence-corrected chi connectivity index (χ3v) is 4.86. The van der Waals surface area contributed by atoms with Gasteiger partial charge in [0.2, 0.25) is 0 Å². The molecule has 0 amide bonds. The highest BCUT2D eigenvalue weighted by atomic mass is 32.2. The van der Waals surface area contributed by atoms with Crippen LogP contribution in [0.25, 0.3) is 0 Å². The minimum absolute atomic E-state index is 0.560. The summed E-state index contributed by atoms with van der Waals surface area (Å²) in [5.74, 6) is 1.26. The van der Waals surface area contributed by atoms with E-state index >= 15 is 0 Å². The first kappa shape index (κ1) is 13.7. The lowest BCUT2D eigenvalue weighted by Crippen LogP contribution is -2.14. The molecule has 0 radical (unpaired) electrons. The highest BCUT2D eigenvalue weighted by Crippen LogP contribution is 2.27. The van der Waals surface area contributed by atoms with Crippen LogP contribution in [0.4, 0.5) is 0 Å². The first-order valence-corrected chi connectivity index (χ1v) is 8.37. The van der Waals surface area contributed by atoms with Crippen LogP contribution in [-0.2, 0) is 16.6 Å². The summed E-state index contributed by atoms with van der Waals surface area (Å²) in [4.78, 5) is 0. The molecule has 102 valence electrons. The molecule has 5 heteroatoms. The van der Waals surface area contributed by atoms with Crippen LogP contribution in [0.1, 0.15) is 50.3 Å². The zero-order valence-corrected chi connectivity index (χ0v) is 11.7. The Morgan fingerprint density at radius 2 is 2.17 bits per heavy atom. The van der Waals surface area contributed by atoms with Gasteiger partial charge in [0.05, 0.1) is 17.5 Å². The highest BCUT2D eigenvalue weighted by molar-refractivity contribution is 7.84. The molecule has 1 heterocycles. The van der Waals surface area contributed by atoms with Crippen LogP contribution >= 0.6 is 0 Å². The van der Waals surface area contributed by atoms with Crippen molar-refractivity contribution in [1.82, 2.24) is 9.78 Å². The average molecular weight is 269 g/mol. The third kappa shape index (κ3) is 3.92. The summed E-state index contributed by atoms with van der Waals surface area (Å²) in [5, 5.41) is 4.57. The lowest BCUT2D eigenvalue weighted by atomic mass is 9.96. The largest absolute Gasteiger partial charge is 0.330 e. The van der Waals surface area contributed by atoms with Crippen molar-refractivity contribution < 1.29 is 4.21 Å². The van der Waals surface area contributed by atoms with Crippen LogP contribution < -0.4 is 5.73 Å². The van der Waals surface area contributed by atoms with Gasteiger partial charge in [0, 0.05) is 22.7 Å². The molecule has 2 N–H and O–H groups in total. The van der Waals surface area contributed by atoms with Crippen molar-refractivity contribution in [2.24, 2.45) is 5.73 Å². The molecule has 2 rings (SSSR count). The second-order valence-electron chi connectivity index (χ2n) is 5.01. The Morgan fingerprint density at radius 1 is 1.39 bits per heavy atom. The summed E-state index contributed by atoms with van der Waals surface area (Å²) in [6.07, 6.45) is 9.31. The van der Waals surface area contributed by atoms with Crippen molar-refractivity contribution in [1.29, 1.82) is 0 Å². The van der Waals surface area contributed by atoms with E-state index in [2.05, 4.69) is 9.78 Å². The van der Waals surface area contributed by atoms with Crippen molar-refractivity contribution in [3.05, 3.63) is 18.0 Å². The molecule has 1 fully saturated rings. The molecule has 0 spiro atoms. The van der Waals surface area contributed by atoms with Crippen LogP contribution in [0.15, 0.2) is 12.3 Å². The zero-order chi connectivity index (χ0) is 12.8. The van der Waals surface area contributed by atoms with E-state index in [1.165, 1.54) is 32.1 Å². The van der Waals surface area contributed by atoms with Crippen molar-refractivity contribution >= 4 is 10.8 Å². The molecule has 0 saturated heterocycles. The number of hydrogen-bond donors (Lipinski definition) is 1. The normalized spacial score (nSPS) is 18.9. The Kier molecular flexibility index (Phi) is 5.38. The predicted octanol–water partition coefficient (Wildman–Crippen LogP) is 1.99. The molecular weight excluding hydrogens is 246 g/mol. The van der Waals surface area contributed by atoms with E-state index in [0.717, 1.165) is 12.1 Å². The first-order valence-electron chi connectivity index (χ1n) is 6.88. The van der Waals surface area contributed by atoms with Gasteiger partial charge in [-0.2, -0.15) is 5.10 Å². The van der Waals surface area contributed by atoms with E-state index in [1.807, 2.05) is 12.3 Å². The van der Waals surface area contributed by atoms with E-state index in [1.54, 1.807) is 0 Å². The van der Waals surface area contributed by atoms with Crippen molar-refractivity contribution in [2.75, 3.05) is 12.3 Å². The lowest BCUT2D eigenvalue weighted by molar-refractivity contribution is 0.328. The number of rotatable bonds is 6. The maximum Gasteiger partial charge on any atom is 0.0749 e. The Morgan fingerprint density at radius 3 is 2.89 bits per heavy atom. The molecule has 1 unspecified atom stereocenters. The fourth-order valence-electron chi connectivity index (χ4n) is 2.48. The van der Waals surface area contributed by atoms with Gasteiger partial charge in [0.25, 0.3) is 0 Å². The number of nitrogens with zero attached hydrogens (tertiary/aromatic N) is 2. The van der Waals surface area contributed by atoms with Crippen molar-refractivity contribution in [3.63, 3.8) is 0 Å². The molecule has 0 aliphatic heterocycles. The van der Waals surface area contributed by atoms with Gasteiger partial charge in [-0.1, -0.05) is 19.3 Å². The maximum absolute atomic E-state index is 11.8. The minimum atomic E-state index is -0.818. The van der Waals surface area contributed by atoms with Crippen molar-refractivity contribution in [2.45, 2.75) is 50.3 Å². The van der Waals surface area contributed by atoms with Crippen LogP contribution in [0.5, 0.6) is 0 Å². The second-order valence-corrected chi connectivity index (χ2v) is 6.59. The van der Waals surface area contributed by atoms with E-state index in [9.17, 15) is 4.21 Å².